The molecule has 0 saturated heterocycles. The Morgan fingerprint density at radius 2 is 1.61 bits per heavy atom. The van der Waals surface area contributed by atoms with Crippen LogP contribution >= 0.6 is 11.3 Å². The van der Waals surface area contributed by atoms with Gasteiger partial charge in [-0.25, -0.2) is 9.59 Å². The maximum atomic E-state index is 13.8. The van der Waals surface area contributed by atoms with E-state index in [9.17, 15) is 14.4 Å². The van der Waals surface area contributed by atoms with Crippen LogP contribution in [0.3, 0.4) is 0 Å². The minimum absolute atomic E-state index is 0.102. The van der Waals surface area contributed by atoms with E-state index in [2.05, 4.69) is 5.32 Å². The van der Waals surface area contributed by atoms with Crippen LogP contribution in [0.25, 0.3) is 0 Å². The summed E-state index contributed by atoms with van der Waals surface area (Å²) in [6, 6.07) is 15.8. The Labute approximate surface area is 263 Å². The van der Waals surface area contributed by atoms with Crippen molar-refractivity contribution in [3.05, 3.63) is 75.5 Å². The second kappa shape index (κ2) is 17.9. The first-order chi connectivity index (χ1) is 21.3. The van der Waals surface area contributed by atoms with Crippen molar-refractivity contribution in [2.75, 3.05) is 59.0 Å². The molecule has 1 heterocycles. The summed E-state index contributed by atoms with van der Waals surface area (Å²) in [6.07, 6.45) is 1.17. The third kappa shape index (κ3) is 10.6. The van der Waals surface area contributed by atoms with Gasteiger partial charge in [0.15, 0.2) is 11.5 Å². The molecular formula is C33H43N3O7S. The summed E-state index contributed by atoms with van der Waals surface area (Å²) in [5, 5.41) is 2.86. The zero-order chi connectivity index (χ0) is 31.9. The minimum Gasteiger partial charge on any atom is -0.493 e. The Morgan fingerprint density at radius 3 is 2.25 bits per heavy atom. The lowest BCUT2D eigenvalue weighted by Crippen LogP contribution is -2.45. The molecule has 0 fully saturated rings. The summed E-state index contributed by atoms with van der Waals surface area (Å²) in [5.74, 6) is 0.676. The van der Waals surface area contributed by atoms with Gasteiger partial charge in [0.05, 0.1) is 32.9 Å². The van der Waals surface area contributed by atoms with Gasteiger partial charge in [0.2, 0.25) is 5.91 Å². The first-order valence-corrected chi connectivity index (χ1v) is 15.5. The van der Waals surface area contributed by atoms with Gasteiger partial charge in [-0.15, -0.1) is 11.3 Å². The van der Waals surface area contributed by atoms with Gasteiger partial charge < -0.3 is 34.1 Å². The number of carbonyl (C=O) groups excluding carboxylic acids is 3. The molecule has 3 amide bonds. The number of benzene rings is 2. The third-order valence-corrected chi connectivity index (χ3v) is 7.78. The smallest absolute Gasteiger partial charge is 0.338 e. The van der Waals surface area contributed by atoms with Crippen LogP contribution in [-0.4, -0.2) is 81.4 Å². The molecule has 0 aliphatic heterocycles. The highest BCUT2D eigenvalue weighted by Crippen LogP contribution is 2.28. The monoisotopic (exact) mass is 625 g/mol. The first-order valence-electron chi connectivity index (χ1n) is 14.7. The molecule has 0 spiro atoms. The lowest BCUT2D eigenvalue weighted by atomic mass is 10.1. The van der Waals surface area contributed by atoms with Crippen molar-refractivity contribution in [3.8, 4) is 11.5 Å². The average molecular weight is 626 g/mol. The molecule has 0 aliphatic carbocycles. The number of methoxy groups -OCH3 is 2. The Balaban J connectivity index is 1.75. The fourth-order valence-electron chi connectivity index (χ4n) is 4.47. The van der Waals surface area contributed by atoms with Crippen LogP contribution in [0.4, 0.5) is 10.5 Å². The second-order valence-corrected chi connectivity index (χ2v) is 11.3. The van der Waals surface area contributed by atoms with Gasteiger partial charge in [0, 0.05) is 41.7 Å². The van der Waals surface area contributed by atoms with E-state index in [-0.39, 0.29) is 19.1 Å². The van der Waals surface area contributed by atoms with Gasteiger partial charge in [0.1, 0.15) is 6.54 Å². The van der Waals surface area contributed by atoms with Gasteiger partial charge in [-0.05, 0) is 87.7 Å². The van der Waals surface area contributed by atoms with E-state index in [1.54, 1.807) is 61.6 Å². The van der Waals surface area contributed by atoms with Crippen molar-refractivity contribution in [3.63, 3.8) is 0 Å². The molecule has 0 aliphatic rings. The molecule has 0 bridgehead atoms. The van der Waals surface area contributed by atoms with Gasteiger partial charge in [-0.2, -0.15) is 0 Å². The van der Waals surface area contributed by atoms with E-state index in [0.29, 0.717) is 68.4 Å². The Morgan fingerprint density at radius 1 is 0.864 bits per heavy atom. The molecule has 11 heteroatoms. The van der Waals surface area contributed by atoms with Gasteiger partial charge in [-0.1, -0.05) is 6.07 Å². The van der Waals surface area contributed by atoms with Crippen LogP contribution in [0.2, 0.25) is 0 Å². The van der Waals surface area contributed by atoms with E-state index in [4.69, 9.17) is 18.9 Å². The fourth-order valence-corrected chi connectivity index (χ4v) is 5.38. The molecule has 3 aromatic rings. The molecule has 10 nitrogen and oxygen atoms in total. The predicted molar refractivity (Wildman–Crippen MR) is 172 cm³/mol. The number of nitrogens with zero attached hydrogens (tertiary/aromatic N) is 2. The zero-order valence-electron chi connectivity index (χ0n) is 26.2. The van der Waals surface area contributed by atoms with Gasteiger partial charge in [0.25, 0.3) is 0 Å². The highest BCUT2D eigenvalue weighted by atomic mass is 32.1. The number of aryl methyl sites for hydroxylation is 1. The summed E-state index contributed by atoms with van der Waals surface area (Å²) >= 11 is 1.65. The van der Waals surface area contributed by atoms with Crippen molar-refractivity contribution in [1.82, 2.24) is 9.80 Å². The summed E-state index contributed by atoms with van der Waals surface area (Å²) in [4.78, 5) is 44.8. The number of anilines is 1. The zero-order valence-corrected chi connectivity index (χ0v) is 27.0. The highest BCUT2D eigenvalue weighted by Gasteiger charge is 2.22. The quantitative estimate of drug-likeness (QED) is 0.150. The van der Waals surface area contributed by atoms with Gasteiger partial charge >= 0.3 is 12.0 Å². The van der Waals surface area contributed by atoms with E-state index in [1.165, 1.54) is 4.90 Å². The largest absolute Gasteiger partial charge is 0.493 e. The number of ether oxygens (including phenoxy) is 4. The van der Waals surface area contributed by atoms with Crippen molar-refractivity contribution in [2.24, 2.45) is 0 Å². The number of urea groups is 1. The Bertz CT molecular complexity index is 1360. The van der Waals surface area contributed by atoms with E-state index < -0.39 is 12.0 Å². The van der Waals surface area contributed by atoms with Crippen molar-refractivity contribution in [1.29, 1.82) is 0 Å². The molecule has 0 unspecified atom stereocenters. The fraction of sp³-hybridized carbons (Fsp3) is 0.424. The standard InChI is InChI=1S/C33H43N3O7S/c1-6-42-20-8-18-36(33(39)34-27-13-11-26(12-14-27)32(38)43-7-2)23-31(37)35(22-28-15-9-24(3)44-28)19-17-25-10-16-29(40-4)30(21-25)41-5/h9-16,21H,6-8,17-20,22-23H2,1-5H3,(H,34,39). The number of rotatable bonds is 17. The van der Waals surface area contributed by atoms with E-state index in [0.717, 1.165) is 15.3 Å². The van der Waals surface area contributed by atoms with Crippen molar-refractivity contribution >= 4 is 34.9 Å². The van der Waals surface area contributed by atoms with E-state index >= 15 is 0 Å². The highest BCUT2D eigenvalue weighted by molar-refractivity contribution is 7.11. The van der Waals surface area contributed by atoms with Crippen LogP contribution in [0.5, 0.6) is 11.5 Å². The molecule has 1 aromatic heterocycles. The van der Waals surface area contributed by atoms with Crippen LogP contribution in [0.15, 0.2) is 54.6 Å². The number of nitrogens with one attached hydrogen (secondary N) is 1. The maximum absolute atomic E-state index is 13.8. The normalized spacial score (nSPS) is 10.7. The summed E-state index contributed by atoms with van der Waals surface area (Å²) in [7, 11) is 3.19. The number of hydrogen-bond donors (Lipinski definition) is 1. The lowest BCUT2D eigenvalue weighted by molar-refractivity contribution is -0.132. The molecule has 0 atom stereocenters. The molecule has 0 saturated carbocycles. The van der Waals surface area contributed by atoms with Crippen molar-refractivity contribution in [2.45, 2.75) is 40.2 Å². The van der Waals surface area contributed by atoms with Gasteiger partial charge in [-0.3, -0.25) is 4.79 Å². The minimum atomic E-state index is -0.428. The average Bonchev–Trinajstić information content (AvgIpc) is 3.45. The van der Waals surface area contributed by atoms with Crippen LogP contribution in [0.1, 0.15) is 45.9 Å². The molecule has 44 heavy (non-hydrogen) atoms. The van der Waals surface area contributed by atoms with Crippen LogP contribution in [-0.2, 0) is 27.2 Å². The SMILES string of the molecule is CCOCCCN(CC(=O)N(CCc1ccc(OC)c(OC)c1)Cc1ccc(C)s1)C(=O)Nc1ccc(C(=O)OCC)cc1. The Hall–Kier alpha value is -4.09. The molecule has 2 aromatic carbocycles. The number of esters is 1. The predicted octanol–water partition coefficient (Wildman–Crippen LogP) is 5.78. The molecule has 3 rings (SSSR count). The summed E-state index contributed by atoms with van der Waals surface area (Å²) in [5.41, 5.74) is 1.90. The van der Waals surface area contributed by atoms with Crippen LogP contribution in [0, 0.1) is 6.92 Å². The molecular weight excluding hydrogens is 582 g/mol. The summed E-state index contributed by atoms with van der Waals surface area (Å²) in [6.45, 7) is 8.14. The number of thiophene rings is 1. The van der Waals surface area contributed by atoms with Crippen molar-refractivity contribution < 1.29 is 33.3 Å². The van der Waals surface area contributed by atoms with E-state index in [1.807, 2.05) is 44.2 Å². The lowest BCUT2D eigenvalue weighted by Gasteiger charge is -2.28. The van der Waals surface area contributed by atoms with Crippen LogP contribution < -0.4 is 14.8 Å². The topological polar surface area (TPSA) is 107 Å². The second-order valence-electron chi connectivity index (χ2n) is 9.97. The number of amides is 3. The maximum Gasteiger partial charge on any atom is 0.338 e. The molecule has 1 N–H and O–H groups in total. The number of hydrogen-bond acceptors (Lipinski definition) is 8. The number of carbonyl (C=O) groups is 3. The first kappa shape index (κ1) is 34.4. The third-order valence-electron chi connectivity index (χ3n) is 6.80. The molecule has 238 valence electrons. The summed E-state index contributed by atoms with van der Waals surface area (Å²) < 4.78 is 21.3. The molecule has 0 radical (unpaired) electrons. The Kier molecular flexibility index (Phi) is 14.0.